The first-order chi connectivity index (χ1) is 9.22. The van der Waals surface area contributed by atoms with Crippen LogP contribution in [0.25, 0.3) is 0 Å². The summed E-state index contributed by atoms with van der Waals surface area (Å²) in [7, 11) is 1.58. The van der Waals surface area contributed by atoms with Crippen LogP contribution in [0.15, 0.2) is 18.6 Å². The molecule has 1 aromatic rings. The zero-order chi connectivity index (χ0) is 13.7. The van der Waals surface area contributed by atoms with Crippen molar-refractivity contribution in [2.75, 3.05) is 33.4 Å². The van der Waals surface area contributed by atoms with Crippen LogP contribution >= 0.6 is 0 Å². The molecule has 0 radical (unpaired) electrons. The van der Waals surface area contributed by atoms with E-state index in [9.17, 15) is 9.59 Å². The van der Waals surface area contributed by atoms with E-state index in [4.69, 9.17) is 4.74 Å². The van der Waals surface area contributed by atoms with Crippen LogP contribution < -0.4 is 5.32 Å². The van der Waals surface area contributed by atoms with Crippen molar-refractivity contribution in [1.29, 1.82) is 0 Å². The number of amides is 2. The quantitative estimate of drug-likeness (QED) is 0.712. The number of hydrogen-bond donors (Lipinski definition) is 1. The summed E-state index contributed by atoms with van der Waals surface area (Å²) in [5.74, 6) is -0.369. The van der Waals surface area contributed by atoms with Crippen LogP contribution in [0.3, 0.4) is 0 Å². The molecule has 0 bridgehead atoms. The van der Waals surface area contributed by atoms with Gasteiger partial charge in [0.1, 0.15) is 5.69 Å². The van der Waals surface area contributed by atoms with Crippen molar-refractivity contribution in [3.8, 4) is 0 Å². The van der Waals surface area contributed by atoms with Gasteiger partial charge in [-0.1, -0.05) is 0 Å². The molecule has 2 rings (SSSR count). The highest BCUT2D eigenvalue weighted by Crippen LogP contribution is 2.17. The average Bonchev–Trinajstić information content (AvgIpc) is 2.38. The number of carbonyl (C=O) groups excluding carboxylic acids is 2. The first kappa shape index (κ1) is 13.4. The topological polar surface area (TPSA) is 84.4 Å². The first-order valence-electron chi connectivity index (χ1n) is 6.04. The third kappa shape index (κ3) is 3.25. The molecule has 7 nitrogen and oxygen atoms in total. The van der Waals surface area contributed by atoms with Crippen molar-refractivity contribution in [2.45, 2.75) is 0 Å². The standard InChI is InChI=1S/C12H16N4O3/c1-19-5-4-15-11(17)9-7-16(8-9)12(18)10-6-13-2-3-14-10/h2-3,6,9H,4-5,7-8H2,1H3,(H,15,17). The van der Waals surface area contributed by atoms with E-state index >= 15 is 0 Å². The smallest absolute Gasteiger partial charge is 0.274 e. The summed E-state index contributed by atoms with van der Waals surface area (Å²) in [6.45, 7) is 1.83. The molecule has 19 heavy (non-hydrogen) atoms. The molecule has 0 unspecified atom stereocenters. The van der Waals surface area contributed by atoms with Gasteiger partial charge in [-0.3, -0.25) is 14.6 Å². The second-order valence-corrected chi connectivity index (χ2v) is 4.28. The molecule has 0 aromatic carbocycles. The van der Waals surface area contributed by atoms with Crippen LogP contribution in [-0.4, -0.2) is 60.0 Å². The van der Waals surface area contributed by atoms with E-state index in [0.29, 0.717) is 31.9 Å². The van der Waals surface area contributed by atoms with Gasteiger partial charge in [-0.15, -0.1) is 0 Å². The molecule has 2 heterocycles. The van der Waals surface area contributed by atoms with Crippen molar-refractivity contribution in [2.24, 2.45) is 5.92 Å². The predicted octanol–water partition coefficient (Wildman–Crippen LogP) is -0.689. The second kappa shape index (κ2) is 6.24. The number of rotatable bonds is 5. The Hall–Kier alpha value is -2.02. The highest BCUT2D eigenvalue weighted by molar-refractivity contribution is 5.94. The summed E-state index contributed by atoms with van der Waals surface area (Å²) in [4.78, 5) is 33.0. The second-order valence-electron chi connectivity index (χ2n) is 4.28. The maximum absolute atomic E-state index is 11.9. The largest absolute Gasteiger partial charge is 0.383 e. The Morgan fingerprint density at radius 2 is 2.26 bits per heavy atom. The minimum Gasteiger partial charge on any atom is -0.383 e. The van der Waals surface area contributed by atoms with Crippen LogP contribution in [0.5, 0.6) is 0 Å². The monoisotopic (exact) mass is 264 g/mol. The summed E-state index contributed by atoms with van der Waals surface area (Å²) < 4.78 is 4.85. The normalized spacial score (nSPS) is 14.9. The van der Waals surface area contributed by atoms with Crippen molar-refractivity contribution < 1.29 is 14.3 Å². The van der Waals surface area contributed by atoms with Gasteiger partial charge in [-0.2, -0.15) is 0 Å². The number of nitrogens with zero attached hydrogens (tertiary/aromatic N) is 3. The lowest BCUT2D eigenvalue weighted by molar-refractivity contribution is -0.129. The Balaban J connectivity index is 1.77. The number of methoxy groups -OCH3 is 1. The Labute approximate surface area is 111 Å². The van der Waals surface area contributed by atoms with Crippen molar-refractivity contribution >= 4 is 11.8 Å². The summed E-state index contributed by atoms with van der Waals surface area (Å²) in [5, 5.41) is 2.75. The third-order valence-electron chi connectivity index (χ3n) is 2.93. The summed E-state index contributed by atoms with van der Waals surface area (Å²) in [6, 6.07) is 0. The van der Waals surface area contributed by atoms with E-state index in [0.717, 1.165) is 0 Å². The maximum Gasteiger partial charge on any atom is 0.274 e. The highest BCUT2D eigenvalue weighted by atomic mass is 16.5. The number of likely N-dealkylation sites (tertiary alicyclic amines) is 1. The molecule has 1 aliphatic heterocycles. The van der Waals surface area contributed by atoms with Crippen molar-refractivity contribution in [3.63, 3.8) is 0 Å². The summed E-state index contributed by atoms with van der Waals surface area (Å²) in [6.07, 6.45) is 4.41. The van der Waals surface area contributed by atoms with E-state index in [1.807, 2.05) is 0 Å². The van der Waals surface area contributed by atoms with Gasteiger partial charge in [0.25, 0.3) is 5.91 Å². The van der Waals surface area contributed by atoms with Crippen molar-refractivity contribution in [1.82, 2.24) is 20.2 Å². The minimum absolute atomic E-state index is 0.0414. The van der Waals surface area contributed by atoms with Crippen LogP contribution in [0.2, 0.25) is 0 Å². The molecule has 1 aromatic heterocycles. The van der Waals surface area contributed by atoms with Crippen LogP contribution in [0.4, 0.5) is 0 Å². The molecule has 1 fully saturated rings. The zero-order valence-electron chi connectivity index (χ0n) is 10.7. The van der Waals surface area contributed by atoms with Crippen LogP contribution in [-0.2, 0) is 9.53 Å². The molecule has 0 saturated carbocycles. The lowest BCUT2D eigenvalue weighted by atomic mass is 9.99. The predicted molar refractivity (Wildman–Crippen MR) is 66.3 cm³/mol. The Kier molecular flexibility index (Phi) is 4.40. The first-order valence-corrected chi connectivity index (χ1v) is 6.04. The number of ether oxygens (including phenoxy) is 1. The number of nitrogens with one attached hydrogen (secondary N) is 1. The van der Waals surface area contributed by atoms with Gasteiger partial charge in [0.2, 0.25) is 5.91 Å². The number of carbonyl (C=O) groups is 2. The molecular formula is C12H16N4O3. The van der Waals surface area contributed by atoms with Crippen LogP contribution in [0.1, 0.15) is 10.5 Å². The molecule has 1 aliphatic rings. The molecule has 102 valence electrons. The van der Waals surface area contributed by atoms with Gasteiger partial charge in [-0.25, -0.2) is 4.98 Å². The molecule has 1 saturated heterocycles. The van der Waals surface area contributed by atoms with E-state index in [-0.39, 0.29) is 17.7 Å². The van der Waals surface area contributed by atoms with E-state index in [1.165, 1.54) is 18.6 Å². The Bertz CT molecular complexity index is 446. The van der Waals surface area contributed by atoms with Crippen molar-refractivity contribution in [3.05, 3.63) is 24.3 Å². The van der Waals surface area contributed by atoms with Gasteiger partial charge < -0.3 is 15.0 Å². The molecule has 1 N–H and O–H groups in total. The van der Waals surface area contributed by atoms with Crippen LogP contribution in [0, 0.1) is 5.92 Å². The lowest BCUT2D eigenvalue weighted by Crippen LogP contribution is -2.56. The Morgan fingerprint density at radius 1 is 1.47 bits per heavy atom. The minimum atomic E-state index is -0.186. The molecule has 0 atom stereocenters. The van der Waals surface area contributed by atoms with E-state index < -0.39 is 0 Å². The third-order valence-corrected chi connectivity index (χ3v) is 2.93. The van der Waals surface area contributed by atoms with Gasteiger partial charge in [0, 0.05) is 39.1 Å². The molecule has 2 amide bonds. The number of hydrogen-bond acceptors (Lipinski definition) is 5. The summed E-state index contributed by atoms with van der Waals surface area (Å²) in [5.41, 5.74) is 0.306. The molecule has 0 aliphatic carbocycles. The highest BCUT2D eigenvalue weighted by Gasteiger charge is 2.36. The summed E-state index contributed by atoms with van der Waals surface area (Å²) >= 11 is 0. The number of aromatic nitrogens is 2. The fourth-order valence-electron chi connectivity index (χ4n) is 1.80. The van der Waals surface area contributed by atoms with Gasteiger partial charge in [0.15, 0.2) is 0 Å². The fourth-order valence-corrected chi connectivity index (χ4v) is 1.80. The maximum atomic E-state index is 11.9. The average molecular weight is 264 g/mol. The van der Waals surface area contributed by atoms with Gasteiger partial charge >= 0.3 is 0 Å². The lowest BCUT2D eigenvalue weighted by Gasteiger charge is -2.37. The molecule has 0 spiro atoms. The fraction of sp³-hybridized carbons (Fsp3) is 0.500. The van der Waals surface area contributed by atoms with Gasteiger partial charge in [0.05, 0.1) is 18.7 Å². The van der Waals surface area contributed by atoms with E-state index in [1.54, 1.807) is 12.0 Å². The van der Waals surface area contributed by atoms with E-state index in [2.05, 4.69) is 15.3 Å². The van der Waals surface area contributed by atoms with Gasteiger partial charge in [-0.05, 0) is 0 Å². The molecular weight excluding hydrogens is 248 g/mol. The Morgan fingerprint density at radius 3 is 2.89 bits per heavy atom. The SMILES string of the molecule is COCCNC(=O)C1CN(C(=O)c2cnccn2)C1. The molecule has 7 heteroatoms. The zero-order valence-corrected chi connectivity index (χ0v) is 10.7.